The molecule has 0 aliphatic rings. The normalized spacial score (nSPS) is 12.6. The molecule has 0 saturated carbocycles. The molecule has 17 heavy (non-hydrogen) atoms. The number of sulfonamides is 1. The molecule has 0 saturated heterocycles. The van der Waals surface area contributed by atoms with E-state index in [2.05, 4.69) is 4.72 Å². The van der Waals surface area contributed by atoms with Gasteiger partial charge in [0.25, 0.3) is 0 Å². The molecule has 0 unspecified atom stereocenters. The van der Waals surface area contributed by atoms with Crippen LogP contribution in [0, 0.1) is 0 Å². The van der Waals surface area contributed by atoms with Crippen LogP contribution in [0.1, 0.15) is 13.8 Å². The second-order valence-electron chi connectivity index (χ2n) is 4.39. The highest BCUT2D eigenvalue weighted by molar-refractivity contribution is 7.89. The molecular formula is C11H17NO4S. The number of rotatable bonds is 5. The van der Waals surface area contributed by atoms with Crippen molar-refractivity contribution in [2.24, 2.45) is 0 Å². The molecule has 1 aromatic carbocycles. The van der Waals surface area contributed by atoms with Gasteiger partial charge < -0.3 is 9.84 Å². The molecule has 0 aliphatic heterocycles. The summed E-state index contributed by atoms with van der Waals surface area (Å²) in [5, 5.41) is 9.52. The standard InChI is InChI=1S/C11H17NO4S/c1-11(2,8-16-3)12-17(14,15)10-7-5-4-6-9(10)13/h4-7,12-13H,8H2,1-3H3. The third kappa shape index (κ3) is 3.69. The summed E-state index contributed by atoms with van der Waals surface area (Å²) in [4.78, 5) is -0.135. The van der Waals surface area contributed by atoms with E-state index in [1.165, 1.54) is 19.2 Å². The lowest BCUT2D eigenvalue weighted by molar-refractivity contribution is 0.141. The number of phenolic OH excluding ortho intramolecular Hbond substituents is 1. The average Bonchev–Trinajstić information content (AvgIpc) is 2.15. The molecule has 0 aliphatic carbocycles. The fraction of sp³-hybridized carbons (Fsp3) is 0.455. The van der Waals surface area contributed by atoms with Crippen molar-refractivity contribution in [3.8, 4) is 5.75 Å². The van der Waals surface area contributed by atoms with Crippen molar-refractivity contribution in [1.82, 2.24) is 4.72 Å². The van der Waals surface area contributed by atoms with E-state index in [1.807, 2.05) is 0 Å². The predicted molar refractivity (Wildman–Crippen MR) is 64.4 cm³/mol. The summed E-state index contributed by atoms with van der Waals surface area (Å²) in [5.74, 6) is -0.270. The minimum absolute atomic E-state index is 0.135. The van der Waals surface area contributed by atoms with E-state index in [9.17, 15) is 13.5 Å². The Morgan fingerprint density at radius 2 is 1.94 bits per heavy atom. The third-order valence-corrected chi connectivity index (χ3v) is 3.82. The molecule has 1 aromatic rings. The number of aromatic hydroxyl groups is 1. The van der Waals surface area contributed by atoms with Gasteiger partial charge in [-0.3, -0.25) is 0 Å². The van der Waals surface area contributed by atoms with Crippen LogP contribution in [-0.4, -0.2) is 32.8 Å². The minimum atomic E-state index is -3.75. The average molecular weight is 259 g/mol. The second kappa shape index (κ2) is 5.03. The molecule has 5 nitrogen and oxygen atoms in total. The fourth-order valence-electron chi connectivity index (χ4n) is 1.49. The lowest BCUT2D eigenvalue weighted by Crippen LogP contribution is -2.46. The van der Waals surface area contributed by atoms with Crippen LogP contribution in [0.2, 0.25) is 0 Å². The number of ether oxygens (including phenoxy) is 1. The van der Waals surface area contributed by atoms with Crippen molar-refractivity contribution < 1.29 is 18.3 Å². The first-order chi connectivity index (χ1) is 7.78. The van der Waals surface area contributed by atoms with E-state index in [4.69, 9.17) is 4.74 Å². The van der Waals surface area contributed by atoms with E-state index in [1.54, 1.807) is 26.0 Å². The first-order valence-corrected chi connectivity index (χ1v) is 6.58. The SMILES string of the molecule is COCC(C)(C)NS(=O)(=O)c1ccccc1O. The highest BCUT2D eigenvalue weighted by Gasteiger charge is 2.27. The molecule has 0 fully saturated rings. The van der Waals surface area contributed by atoms with Crippen molar-refractivity contribution in [3.63, 3.8) is 0 Å². The lowest BCUT2D eigenvalue weighted by Gasteiger charge is -2.25. The van der Waals surface area contributed by atoms with Gasteiger partial charge in [-0.05, 0) is 26.0 Å². The van der Waals surface area contributed by atoms with Crippen molar-refractivity contribution in [3.05, 3.63) is 24.3 Å². The summed E-state index contributed by atoms with van der Waals surface area (Å²) in [6.07, 6.45) is 0. The van der Waals surface area contributed by atoms with Gasteiger partial charge in [0, 0.05) is 7.11 Å². The maximum absolute atomic E-state index is 12.0. The largest absolute Gasteiger partial charge is 0.507 e. The van der Waals surface area contributed by atoms with Gasteiger partial charge in [-0.2, -0.15) is 0 Å². The van der Waals surface area contributed by atoms with E-state index in [0.29, 0.717) is 0 Å². The molecular weight excluding hydrogens is 242 g/mol. The minimum Gasteiger partial charge on any atom is -0.507 e. The summed E-state index contributed by atoms with van der Waals surface area (Å²) in [6, 6.07) is 5.80. The summed E-state index contributed by atoms with van der Waals surface area (Å²) >= 11 is 0. The Balaban J connectivity index is 3.02. The molecule has 0 radical (unpaired) electrons. The molecule has 0 amide bonds. The zero-order chi connectivity index (χ0) is 13.1. The van der Waals surface area contributed by atoms with Crippen LogP contribution in [0.5, 0.6) is 5.75 Å². The molecule has 0 bridgehead atoms. The van der Waals surface area contributed by atoms with Crippen molar-refractivity contribution in [2.75, 3.05) is 13.7 Å². The van der Waals surface area contributed by atoms with E-state index in [-0.39, 0.29) is 17.3 Å². The Labute approximate surface area is 101 Å². The second-order valence-corrected chi connectivity index (χ2v) is 6.04. The van der Waals surface area contributed by atoms with E-state index < -0.39 is 15.6 Å². The zero-order valence-corrected chi connectivity index (χ0v) is 10.9. The Kier molecular flexibility index (Phi) is 4.13. The summed E-state index contributed by atoms with van der Waals surface area (Å²) in [5.41, 5.74) is -0.740. The zero-order valence-electron chi connectivity index (χ0n) is 10.1. The molecule has 96 valence electrons. The molecule has 0 heterocycles. The number of benzene rings is 1. The summed E-state index contributed by atoms with van der Waals surface area (Å²) in [7, 11) is -2.25. The van der Waals surface area contributed by atoms with Gasteiger partial charge in [-0.1, -0.05) is 12.1 Å². The smallest absolute Gasteiger partial charge is 0.244 e. The number of hydrogen-bond acceptors (Lipinski definition) is 4. The van der Waals surface area contributed by atoms with E-state index >= 15 is 0 Å². The maximum Gasteiger partial charge on any atom is 0.244 e. The third-order valence-electron chi connectivity index (χ3n) is 2.07. The Bertz CT molecular complexity index is 482. The number of methoxy groups -OCH3 is 1. The molecule has 1 rings (SSSR count). The molecule has 6 heteroatoms. The molecule has 2 N–H and O–H groups in total. The van der Waals surface area contributed by atoms with Gasteiger partial charge in [0.2, 0.25) is 10.0 Å². The number of para-hydroxylation sites is 1. The van der Waals surface area contributed by atoms with E-state index in [0.717, 1.165) is 0 Å². The quantitative estimate of drug-likeness (QED) is 0.830. The van der Waals surface area contributed by atoms with Crippen LogP contribution in [0.15, 0.2) is 29.2 Å². The molecule has 0 aromatic heterocycles. The number of phenols is 1. The van der Waals surface area contributed by atoms with Crippen molar-refractivity contribution in [2.45, 2.75) is 24.3 Å². The predicted octanol–water partition coefficient (Wildman–Crippen LogP) is 1.10. The monoisotopic (exact) mass is 259 g/mol. The molecule has 0 spiro atoms. The van der Waals surface area contributed by atoms with Crippen LogP contribution in [0.3, 0.4) is 0 Å². The van der Waals surface area contributed by atoms with Gasteiger partial charge in [-0.25, -0.2) is 13.1 Å². The highest BCUT2D eigenvalue weighted by atomic mass is 32.2. The van der Waals surface area contributed by atoms with Gasteiger partial charge >= 0.3 is 0 Å². The van der Waals surface area contributed by atoms with Crippen LogP contribution in [-0.2, 0) is 14.8 Å². The van der Waals surface area contributed by atoms with Gasteiger partial charge in [-0.15, -0.1) is 0 Å². The maximum atomic E-state index is 12.0. The molecule has 0 atom stereocenters. The van der Waals surface area contributed by atoms with Gasteiger partial charge in [0.15, 0.2) is 0 Å². The summed E-state index contributed by atoms with van der Waals surface area (Å²) < 4.78 is 31.4. The van der Waals surface area contributed by atoms with Crippen LogP contribution >= 0.6 is 0 Å². The Hall–Kier alpha value is -1.11. The fourth-order valence-corrected chi connectivity index (χ4v) is 2.99. The van der Waals surface area contributed by atoms with Crippen molar-refractivity contribution in [1.29, 1.82) is 0 Å². The van der Waals surface area contributed by atoms with Crippen LogP contribution in [0.25, 0.3) is 0 Å². The first-order valence-electron chi connectivity index (χ1n) is 5.09. The first kappa shape index (κ1) is 14.0. The number of hydrogen-bond donors (Lipinski definition) is 2. The Morgan fingerprint density at radius 1 is 1.35 bits per heavy atom. The Morgan fingerprint density at radius 3 is 2.47 bits per heavy atom. The van der Waals surface area contributed by atoms with Crippen LogP contribution < -0.4 is 4.72 Å². The van der Waals surface area contributed by atoms with Gasteiger partial charge in [0.1, 0.15) is 10.6 Å². The van der Waals surface area contributed by atoms with Gasteiger partial charge in [0.05, 0.1) is 12.1 Å². The van der Waals surface area contributed by atoms with Crippen LogP contribution in [0.4, 0.5) is 0 Å². The van der Waals surface area contributed by atoms with Crippen molar-refractivity contribution >= 4 is 10.0 Å². The lowest BCUT2D eigenvalue weighted by atomic mass is 10.1. The number of nitrogens with one attached hydrogen (secondary N) is 1. The highest BCUT2D eigenvalue weighted by Crippen LogP contribution is 2.22. The summed E-state index contributed by atoms with van der Waals surface area (Å²) in [6.45, 7) is 3.64. The topological polar surface area (TPSA) is 75.6 Å².